The lowest BCUT2D eigenvalue weighted by Crippen LogP contribution is -2.17. The molecule has 33 heavy (non-hydrogen) atoms. The van der Waals surface area contributed by atoms with E-state index in [1.165, 1.54) is 12.1 Å². The van der Waals surface area contributed by atoms with Crippen LogP contribution in [0.15, 0.2) is 30.3 Å². The standard InChI is InChI=1S/C25H27FN2O5/c1-4-31-25(30)23-14(2)18-9-10-21(15(3)22(18)28-23)27-24(29)19-8-7-16(12-20(19)26)33-13-17-6-5-11-32-17/h7-10,12,17,28H,4-6,11,13H2,1-3H3,(H,27,29)/t17-/m0/s1. The Kier molecular flexibility index (Phi) is 6.65. The molecule has 174 valence electrons. The van der Waals surface area contributed by atoms with Crippen LogP contribution < -0.4 is 10.1 Å². The topological polar surface area (TPSA) is 89.7 Å². The first-order chi connectivity index (χ1) is 15.9. The highest BCUT2D eigenvalue weighted by molar-refractivity contribution is 6.07. The molecule has 2 heterocycles. The number of anilines is 1. The second-order valence-corrected chi connectivity index (χ2v) is 8.05. The molecule has 1 aliphatic heterocycles. The summed E-state index contributed by atoms with van der Waals surface area (Å²) in [6, 6.07) is 7.73. The lowest BCUT2D eigenvalue weighted by atomic mass is 10.1. The second kappa shape index (κ2) is 9.62. The number of aromatic amines is 1. The van der Waals surface area contributed by atoms with Crippen molar-refractivity contribution in [3.8, 4) is 5.75 Å². The van der Waals surface area contributed by atoms with Crippen LogP contribution in [0.2, 0.25) is 0 Å². The molecule has 1 aromatic heterocycles. The molecule has 0 radical (unpaired) electrons. The van der Waals surface area contributed by atoms with Crippen molar-refractivity contribution in [2.45, 2.75) is 39.7 Å². The fraction of sp³-hybridized carbons (Fsp3) is 0.360. The van der Waals surface area contributed by atoms with Gasteiger partial charge in [0.05, 0.1) is 23.8 Å². The van der Waals surface area contributed by atoms with Crippen molar-refractivity contribution in [3.63, 3.8) is 0 Å². The monoisotopic (exact) mass is 454 g/mol. The van der Waals surface area contributed by atoms with Crippen LogP contribution in [0.4, 0.5) is 10.1 Å². The number of ether oxygens (including phenoxy) is 3. The summed E-state index contributed by atoms with van der Waals surface area (Å²) >= 11 is 0. The minimum atomic E-state index is -0.670. The molecule has 0 spiro atoms. The fourth-order valence-corrected chi connectivity index (χ4v) is 4.01. The maximum atomic E-state index is 14.6. The first-order valence-electron chi connectivity index (χ1n) is 11.0. The Bertz CT molecular complexity index is 1200. The van der Waals surface area contributed by atoms with E-state index in [0.717, 1.165) is 36.0 Å². The van der Waals surface area contributed by atoms with Gasteiger partial charge in [0.15, 0.2) is 0 Å². The van der Waals surface area contributed by atoms with E-state index >= 15 is 0 Å². The van der Waals surface area contributed by atoms with Crippen LogP contribution in [-0.2, 0) is 9.47 Å². The summed E-state index contributed by atoms with van der Waals surface area (Å²) in [5.41, 5.74) is 3.02. The summed E-state index contributed by atoms with van der Waals surface area (Å²) in [5, 5.41) is 3.62. The smallest absolute Gasteiger partial charge is 0.355 e. The van der Waals surface area contributed by atoms with Gasteiger partial charge in [-0.25, -0.2) is 9.18 Å². The third-order valence-electron chi connectivity index (χ3n) is 5.87. The SMILES string of the molecule is CCOC(=O)c1[nH]c2c(C)c(NC(=O)c3ccc(OC[C@@H]4CCCO4)cc3F)ccc2c1C. The van der Waals surface area contributed by atoms with Gasteiger partial charge in [0.1, 0.15) is 23.9 Å². The average molecular weight is 454 g/mol. The molecule has 1 aliphatic rings. The molecule has 0 bridgehead atoms. The number of H-pyrrole nitrogens is 1. The van der Waals surface area contributed by atoms with Gasteiger partial charge in [0.25, 0.3) is 5.91 Å². The van der Waals surface area contributed by atoms with Crippen LogP contribution in [0, 0.1) is 19.7 Å². The number of fused-ring (bicyclic) bond motifs is 1. The number of benzene rings is 2. The quantitative estimate of drug-likeness (QED) is 0.495. The Morgan fingerprint density at radius 2 is 2.03 bits per heavy atom. The second-order valence-electron chi connectivity index (χ2n) is 8.05. The summed E-state index contributed by atoms with van der Waals surface area (Å²) in [6.07, 6.45) is 1.95. The number of hydrogen-bond donors (Lipinski definition) is 2. The first kappa shape index (κ1) is 22.8. The molecular formula is C25H27FN2O5. The minimum Gasteiger partial charge on any atom is -0.491 e. The Labute approximate surface area is 191 Å². The van der Waals surface area contributed by atoms with Gasteiger partial charge in [0, 0.05) is 23.7 Å². The number of aryl methyl sites for hydroxylation is 2. The van der Waals surface area contributed by atoms with Gasteiger partial charge in [0.2, 0.25) is 0 Å². The zero-order chi connectivity index (χ0) is 23.5. The van der Waals surface area contributed by atoms with Gasteiger partial charge < -0.3 is 24.5 Å². The summed E-state index contributed by atoms with van der Waals surface area (Å²) in [6.45, 7) is 6.75. The van der Waals surface area contributed by atoms with E-state index in [4.69, 9.17) is 14.2 Å². The van der Waals surface area contributed by atoms with Crippen LogP contribution in [0.5, 0.6) is 5.75 Å². The number of aromatic nitrogens is 1. The van der Waals surface area contributed by atoms with Gasteiger partial charge in [-0.3, -0.25) is 4.79 Å². The number of hydrogen-bond acceptors (Lipinski definition) is 5. The molecule has 3 aromatic rings. The third kappa shape index (κ3) is 4.71. The van der Waals surface area contributed by atoms with Crippen LogP contribution in [0.3, 0.4) is 0 Å². The van der Waals surface area contributed by atoms with E-state index in [1.807, 2.05) is 19.9 Å². The predicted molar refractivity (Wildman–Crippen MR) is 123 cm³/mol. The van der Waals surface area contributed by atoms with Crippen LogP contribution in [0.25, 0.3) is 10.9 Å². The molecule has 2 N–H and O–H groups in total. The Morgan fingerprint density at radius 3 is 2.73 bits per heavy atom. The number of carbonyl (C=O) groups is 2. The van der Waals surface area contributed by atoms with Gasteiger partial charge in [-0.1, -0.05) is 6.07 Å². The molecular weight excluding hydrogens is 427 g/mol. The number of amides is 1. The summed E-state index contributed by atoms with van der Waals surface area (Å²) in [7, 11) is 0. The highest BCUT2D eigenvalue weighted by atomic mass is 19.1. The summed E-state index contributed by atoms with van der Waals surface area (Å²) in [4.78, 5) is 28.1. The third-order valence-corrected chi connectivity index (χ3v) is 5.87. The molecule has 1 atom stereocenters. The molecule has 0 saturated carbocycles. The largest absolute Gasteiger partial charge is 0.491 e. The van der Waals surface area contributed by atoms with Crippen LogP contribution >= 0.6 is 0 Å². The molecule has 0 aliphatic carbocycles. The van der Waals surface area contributed by atoms with Gasteiger partial charge in [-0.05, 0) is 62.9 Å². The van der Waals surface area contributed by atoms with Crippen LogP contribution in [-0.4, -0.2) is 42.8 Å². The molecule has 8 heteroatoms. The molecule has 0 unspecified atom stereocenters. The Hall–Kier alpha value is -3.39. The van der Waals surface area contributed by atoms with Crippen molar-refractivity contribution in [2.24, 2.45) is 0 Å². The van der Waals surface area contributed by atoms with Crippen molar-refractivity contribution in [1.29, 1.82) is 0 Å². The Balaban J connectivity index is 1.51. The van der Waals surface area contributed by atoms with E-state index < -0.39 is 17.7 Å². The number of halogens is 1. The number of carbonyl (C=O) groups excluding carboxylic acids is 2. The number of nitrogens with one attached hydrogen (secondary N) is 2. The maximum Gasteiger partial charge on any atom is 0.355 e. The minimum absolute atomic E-state index is 0.0231. The summed E-state index contributed by atoms with van der Waals surface area (Å²) in [5.74, 6) is -1.32. The molecule has 2 aromatic carbocycles. The average Bonchev–Trinajstić information content (AvgIpc) is 3.43. The summed E-state index contributed by atoms with van der Waals surface area (Å²) < 4.78 is 30.8. The van der Waals surface area contributed by atoms with Crippen molar-refractivity contribution in [1.82, 2.24) is 4.98 Å². The zero-order valence-corrected chi connectivity index (χ0v) is 18.9. The van der Waals surface area contributed by atoms with E-state index in [-0.39, 0.29) is 18.3 Å². The van der Waals surface area contributed by atoms with E-state index in [2.05, 4.69) is 10.3 Å². The van der Waals surface area contributed by atoms with E-state index in [9.17, 15) is 14.0 Å². The van der Waals surface area contributed by atoms with E-state index in [1.54, 1.807) is 19.1 Å². The van der Waals surface area contributed by atoms with Gasteiger partial charge >= 0.3 is 5.97 Å². The van der Waals surface area contributed by atoms with Gasteiger partial charge in [-0.15, -0.1) is 0 Å². The molecule has 4 rings (SSSR count). The predicted octanol–water partition coefficient (Wildman–Crippen LogP) is 4.91. The molecule has 7 nitrogen and oxygen atoms in total. The molecule has 1 fully saturated rings. The highest BCUT2D eigenvalue weighted by Gasteiger charge is 2.20. The maximum absolute atomic E-state index is 14.6. The first-order valence-corrected chi connectivity index (χ1v) is 11.0. The lowest BCUT2D eigenvalue weighted by molar-refractivity contribution is 0.0519. The molecule has 1 saturated heterocycles. The highest BCUT2D eigenvalue weighted by Crippen LogP contribution is 2.30. The van der Waals surface area contributed by atoms with E-state index in [0.29, 0.717) is 29.3 Å². The lowest BCUT2D eigenvalue weighted by Gasteiger charge is -2.13. The molecule has 1 amide bonds. The van der Waals surface area contributed by atoms with Crippen molar-refractivity contribution < 1.29 is 28.2 Å². The van der Waals surface area contributed by atoms with Gasteiger partial charge in [-0.2, -0.15) is 0 Å². The fourth-order valence-electron chi connectivity index (χ4n) is 4.01. The Morgan fingerprint density at radius 1 is 1.21 bits per heavy atom. The zero-order valence-electron chi connectivity index (χ0n) is 18.9. The van der Waals surface area contributed by atoms with Crippen molar-refractivity contribution in [3.05, 3.63) is 58.5 Å². The number of esters is 1. The van der Waals surface area contributed by atoms with Crippen LogP contribution in [0.1, 0.15) is 51.7 Å². The van der Waals surface area contributed by atoms with Crippen molar-refractivity contribution >= 4 is 28.5 Å². The van der Waals surface area contributed by atoms with Crippen molar-refractivity contribution in [2.75, 3.05) is 25.1 Å². The number of rotatable bonds is 7. The normalized spacial score (nSPS) is 15.6.